The van der Waals surface area contributed by atoms with Crippen LogP contribution in [-0.4, -0.2) is 38.8 Å². The third-order valence-electron chi connectivity index (χ3n) is 5.76. The van der Waals surface area contributed by atoms with Gasteiger partial charge in [0.2, 0.25) is 0 Å². The molecule has 0 aliphatic carbocycles. The molecule has 0 saturated carbocycles. The molecular weight excluding hydrogens is 440 g/mol. The Kier molecular flexibility index (Phi) is 5.81. The van der Waals surface area contributed by atoms with Crippen molar-refractivity contribution in [1.82, 2.24) is 14.7 Å². The lowest BCUT2D eigenvalue weighted by Crippen LogP contribution is -2.30. The molecule has 1 N–H and O–H groups in total. The Morgan fingerprint density at radius 1 is 0.941 bits per heavy atom. The van der Waals surface area contributed by atoms with E-state index in [4.69, 9.17) is 4.74 Å². The minimum absolute atomic E-state index is 0.0647. The summed E-state index contributed by atoms with van der Waals surface area (Å²) in [6, 6.07) is 18.6. The van der Waals surface area contributed by atoms with Crippen LogP contribution in [0.25, 0.3) is 16.9 Å². The van der Waals surface area contributed by atoms with E-state index in [2.05, 4.69) is 5.10 Å². The molecule has 1 aliphatic rings. The third-order valence-corrected chi connectivity index (χ3v) is 5.76. The molecule has 1 amide bonds. The minimum atomic E-state index is -0.682. The number of carbonyl (C=O) groups is 1. The second kappa shape index (κ2) is 9.07. The van der Waals surface area contributed by atoms with Gasteiger partial charge in [-0.25, -0.2) is 13.5 Å². The van der Waals surface area contributed by atoms with E-state index in [1.807, 2.05) is 12.1 Å². The summed E-state index contributed by atoms with van der Waals surface area (Å²) in [6.45, 7) is 0.337. The smallest absolute Gasteiger partial charge is 0.250 e. The normalized spacial score (nSPS) is 15.8. The molecule has 172 valence electrons. The van der Waals surface area contributed by atoms with Crippen LogP contribution < -0.4 is 0 Å². The number of phenols is 1. The van der Waals surface area contributed by atoms with Gasteiger partial charge in [0, 0.05) is 23.9 Å². The fraction of sp³-hybridized carbons (Fsp3) is 0.154. The first kappa shape index (κ1) is 21.8. The number of hydrogen-bond acceptors (Lipinski definition) is 4. The second-order valence-corrected chi connectivity index (χ2v) is 8.03. The van der Waals surface area contributed by atoms with Crippen LogP contribution in [-0.2, 0) is 16.0 Å². The van der Waals surface area contributed by atoms with Gasteiger partial charge >= 0.3 is 0 Å². The summed E-state index contributed by atoms with van der Waals surface area (Å²) < 4.78 is 34.5. The zero-order valence-electron chi connectivity index (χ0n) is 18.1. The molecule has 1 atom stereocenters. The number of amides is 1. The fourth-order valence-electron chi connectivity index (χ4n) is 3.99. The molecule has 0 radical (unpaired) electrons. The second-order valence-electron chi connectivity index (χ2n) is 8.03. The maximum atomic E-state index is 13.6. The van der Waals surface area contributed by atoms with E-state index >= 15 is 0 Å². The van der Waals surface area contributed by atoms with Gasteiger partial charge in [-0.1, -0.05) is 12.1 Å². The first-order valence-corrected chi connectivity index (χ1v) is 10.8. The van der Waals surface area contributed by atoms with Gasteiger partial charge in [-0.15, -0.1) is 0 Å². The quantitative estimate of drug-likeness (QED) is 0.455. The van der Waals surface area contributed by atoms with Crippen molar-refractivity contribution >= 4 is 5.91 Å². The Morgan fingerprint density at radius 3 is 2.26 bits per heavy atom. The van der Waals surface area contributed by atoms with Crippen molar-refractivity contribution < 1.29 is 23.4 Å². The monoisotopic (exact) mass is 461 g/mol. The number of rotatable bonds is 6. The highest BCUT2D eigenvalue weighted by Crippen LogP contribution is 2.35. The lowest BCUT2D eigenvalue weighted by Gasteiger charge is -2.23. The van der Waals surface area contributed by atoms with Gasteiger partial charge in [0.15, 0.2) is 6.23 Å². The number of aromatic nitrogens is 2. The SMILES string of the molecule is O=C1CO[C@H](c2cn(-c3ccc(F)cc3)nc2-c2ccc(F)cc2)N1CCc1ccc(O)cc1. The van der Waals surface area contributed by atoms with Crippen molar-refractivity contribution in [2.45, 2.75) is 12.6 Å². The van der Waals surface area contributed by atoms with Gasteiger partial charge in [-0.2, -0.15) is 5.10 Å². The number of ether oxygens (including phenoxy) is 1. The summed E-state index contributed by atoms with van der Waals surface area (Å²) in [7, 11) is 0. The summed E-state index contributed by atoms with van der Waals surface area (Å²) in [5.41, 5.74) is 3.46. The van der Waals surface area contributed by atoms with Crippen molar-refractivity contribution in [1.29, 1.82) is 0 Å². The van der Waals surface area contributed by atoms with Crippen molar-refractivity contribution in [2.24, 2.45) is 0 Å². The van der Waals surface area contributed by atoms with Gasteiger partial charge in [-0.3, -0.25) is 4.79 Å². The highest BCUT2D eigenvalue weighted by atomic mass is 19.1. The Balaban J connectivity index is 1.50. The molecule has 1 fully saturated rings. The summed E-state index contributed by atoms with van der Waals surface area (Å²) in [5, 5.41) is 14.2. The average Bonchev–Trinajstić information content (AvgIpc) is 3.43. The zero-order valence-corrected chi connectivity index (χ0v) is 18.1. The molecule has 1 saturated heterocycles. The van der Waals surface area contributed by atoms with Gasteiger partial charge in [0.1, 0.15) is 29.7 Å². The molecule has 3 aromatic carbocycles. The summed E-state index contributed by atoms with van der Waals surface area (Å²) in [4.78, 5) is 14.3. The van der Waals surface area contributed by atoms with Gasteiger partial charge in [0.25, 0.3) is 5.91 Å². The first-order valence-electron chi connectivity index (χ1n) is 10.8. The van der Waals surface area contributed by atoms with Crippen LogP contribution in [0.1, 0.15) is 17.4 Å². The highest BCUT2D eigenvalue weighted by molar-refractivity contribution is 5.80. The van der Waals surface area contributed by atoms with E-state index in [-0.39, 0.29) is 29.9 Å². The molecule has 34 heavy (non-hydrogen) atoms. The topological polar surface area (TPSA) is 67.6 Å². The molecule has 4 aromatic rings. The number of hydrogen-bond donors (Lipinski definition) is 1. The molecule has 0 unspecified atom stereocenters. The first-order chi connectivity index (χ1) is 16.5. The Morgan fingerprint density at radius 2 is 1.59 bits per heavy atom. The summed E-state index contributed by atoms with van der Waals surface area (Å²) in [5.74, 6) is -0.700. The molecule has 5 rings (SSSR count). The van der Waals surface area contributed by atoms with Gasteiger partial charge < -0.3 is 14.7 Å². The lowest BCUT2D eigenvalue weighted by molar-refractivity contribution is -0.128. The molecule has 2 heterocycles. The number of phenolic OH excluding ortho intramolecular Hbond substituents is 1. The number of nitrogens with zero attached hydrogens (tertiary/aromatic N) is 3. The maximum Gasteiger partial charge on any atom is 0.250 e. The Bertz CT molecular complexity index is 1300. The van der Waals surface area contributed by atoms with Crippen LogP contribution in [0.2, 0.25) is 0 Å². The Hall–Kier alpha value is -4.04. The summed E-state index contributed by atoms with van der Waals surface area (Å²) in [6.07, 6.45) is 1.64. The van der Waals surface area contributed by atoms with E-state index in [1.165, 1.54) is 24.3 Å². The summed E-state index contributed by atoms with van der Waals surface area (Å²) >= 11 is 0. The molecule has 0 bridgehead atoms. The zero-order chi connectivity index (χ0) is 23.7. The number of carbonyl (C=O) groups excluding carboxylic acids is 1. The molecule has 0 spiro atoms. The van der Waals surface area contributed by atoms with Crippen LogP contribution in [0, 0.1) is 11.6 Å². The number of halogens is 2. The molecule has 6 nitrogen and oxygen atoms in total. The minimum Gasteiger partial charge on any atom is -0.508 e. The predicted molar refractivity (Wildman–Crippen MR) is 121 cm³/mol. The number of benzene rings is 3. The van der Waals surface area contributed by atoms with Crippen molar-refractivity contribution in [3.8, 4) is 22.7 Å². The molecular formula is C26H21F2N3O3. The van der Waals surface area contributed by atoms with E-state index in [1.54, 1.807) is 52.2 Å². The molecule has 8 heteroatoms. The highest BCUT2D eigenvalue weighted by Gasteiger charge is 2.36. The average molecular weight is 461 g/mol. The fourth-order valence-corrected chi connectivity index (χ4v) is 3.99. The lowest BCUT2D eigenvalue weighted by atomic mass is 10.1. The third kappa shape index (κ3) is 4.40. The predicted octanol–water partition coefficient (Wildman–Crippen LogP) is 4.62. The van der Waals surface area contributed by atoms with Crippen LogP contribution in [0.15, 0.2) is 79.0 Å². The van der Waals surface area contributed by atoms with Crippen LogP contribution >= 0.6 is 0 Å². The van der Waals surface area contributed by atoms with E-state index in [9.17, 15) is 18.7 Å². The maximum absolute atomic E-state index is 13.6. The van der Waals surface area contributed by atoms with Crippen LogP contribution in [0.5, 0.6) is 5.75 Å². The van der Waals surface area contributed by atoms with Crippen LogP contribution in [0.4, 0.5) is 8.78 Å². The van der Waals surface area contributed by atoms with E-state index in [0.29, 0.717) is 35.5 Å². The largest absolute Gasteiger partial charge is 0.508 e. The number of aromatic hydroxyl groups is 1. The molecule has 1 aliphatic heterocycles. The van der Waals surface area contributed by atoms with Crippen molar-refractivity contribution in [3.05, 3.63) is 102 Å². The van der Waals surface area contributed by atoms with Crippen molar-refractivity contribution in [3.63, 3.8) is 0 Å². The standard InChI is InChI=1S/C26H21F2N3O3/c27-19-5-3-18(4-6-19)25-23(15-31(29-25)21-9-7-20(28)8-10-21)26-30(24(33)16-34-26)14-13-17-1-11-22(32)12-2-17/h1-12,15,26,32H,13-14,16H2/t26-/m1/s1. The van der Waals surface area contributed by atoms with E-state index < -0.39 is 6.23 Å². The molecule has 1 aromatic heterocycles. The van der Waals surface area contributed by atoms with Crippen LogP contribution in [0.3, 0.4) is 0 Å². The van der Waals surface area contributed by atoms with Crippen molar-refractivity contribution in [2.75, 3.05) is 13.2 Å². The van der Waals surface area contributed by atoms with E-state index in [0.717, 1.165) is 5.56 Å². The van der Waals surface area contributed by atoms with Gasteiger partial charge in [-0.05, 0) is 72.6 Å². The van der Waals surface area contributed by atoms with Gasteiger partial charge in [0.05, 0.1) is 5.69 Å². The Labute approximate surface area is 194 Å².